The summed E-state index contributed by atoms with van der Waals surface area (Å²) >= 11 is 0. The Morgan fingerprint density at radius 1 is 0.636 bits per heavy atom. The molecular formula is C51H61BN2O. The second kappa shape index (κ2) is 10.7. The highest BCUT2D eigenvalue weighted by atomic mass is 16.3. The quantitative estimate of drug-likeness (QED) is 0.157. The first-order valence-electron chi connectivity index (χ1n) is 21.3. The fourth-order valence-electron chi connectivity index (χ4n) is 11.8. The molecule has 0 bridgehead atoms. The molecule has 55 heavy (non-hydrogen) atoms. The number of anilines is 5. The summed E-state index contributed by atoms with van der Waals surface area (Å²) in [5.41, 5.74) is 20.4. The number of rotatable bonds is 1. The van der Waals surface area contributed by atoms with Crippen LogP contribution in [0.3, 0.4) is 0 Å². The van der Waals surface area contributed by atoms with Crippen molar-refractivity contribution in [3.8, 4) is 0 Å². The molecule has 3 nitrogen and oxygen atoms in total. The smallest absolute Gasteiger partial charge is 0.297 e. The molecule has 0 amide bonds. The minimum atomic E-state index is -0.0189. The Morgan fingerprint density at radius 3 is 1.91 bits per heavy atom. The molecule has 2 unspecified atom stereocenters. The van der Waals surface area contributed by atoms with Crippen molar-refractivity contribution in [2.24, 2.45) is 0 Å². The Bertz CT molecular complexity index is 2470. The predicted octanol–water partition coefficient (Wildman–Crippen LogP) is 12.0. The van der Waals surface area contributed by atoms with E-state index in [0.29, 0.717) is 0 Å². The summed E-state index contributed by atoms with van der Waals surface area (Å²) in [6, 6.07) is 24.6. The average molecular weight is 729 g/mol. The van der Waals surface area contributed by atoms with Crippen LogP contribution >= 0.6 is 0 Å². The molecule has 4 aromatic carbocycles. The van der Waals surface area contributed by atoms with Crippen LogP contribution in [-0.2, 0) is 27.1 Å². The zero-order valence-corrected chi connectivity index (χ0v) is 35.9. The Morgan fingerprint density at radius 2 is 1.25 bits per heavy atom. The second-order valence-corrected chi connectivity index (χ2v) is 22.1. The van der Waals surface area contributed by atoms with Gasteiger partial charge in [0.05, 0.1) is 16.9 Å². The molecule has 3 aliphatic heterocycles. The summed E-state index contributed by atoms with van der Waals surface area (Å²) in [5.74, 6) is 0. The van der Waals surface area contributed by atoms with Gasteiger partial charge in [-0.05, 0) is 142 Å². The van der Waals surface area contributed by atoms with Crippen LogP contribution in [0.1, 0.15) is 155 Å². The fourth-order valence-corrected chi connectivity index (χ4v) is 11.8. The molecular weight excluding hydrogens is 667 g/mol. The van der Waals surface area contributed by atoms with Crippen molar-refractivity contribution in [2.75, 3.05) is 9.80 Å². The molecule has 0 spiro atoms. The van der Waals surface area contributed by atoms with Crippen LogP contribution in [-0.4, -0.2) is 12.3 Å². The largest absolute Gasteiger partial charge is 0.468 e. The van der Waals surface area contributed by atoms with E-state index in [0.717, 1.165) is 11.2 Å². The van der Waals surface area contributed by atoms with Crippen LogP contribution < -0.4 is 26.4 Å². The van der Waals surface area contributed by atoms with Crippen molar-refractivity contribution in [1.29, 1.82) is 0 Å². The number of hydrogen-bond acceptors (Lipinski definition) is 3. The van der Waals surface area contributed by atoms with Gasteiger partial charge in [-0.25, -0.2) is 0 Å². The van der Waals surface area contributed by atoms with E-state index < -0.39 is 0 Å². The first-order chi connectivity index (χ1) is 25.7. The monoisotopic (exact) mass is 728 g/mol. The lowest BCUT2D eigenvalue weighted by Crippen LogP contribution is -2.64. The molecule has 5 aromatic rings. The topological polar surface area (TPSA) is 19.6 Å². The van der Waals surface area contributed by atoms with Gasteiger partial charge < -0.3 is 14.2 Å². The first-order valence-corrected chi connectivity index (χ1v) is 21.3. The third kappa shape index (κ3) is 4.58. The zero-order valence-electron chi connectivity index (χ0n) is 35.9. The third-order valence-electron chi connectivity index (χ3n) is 15.6. The summed E-state index contributed by atoms with van der Waals surface area (Å²) in [5, 5.41) is 1.24. The standard InChI is InChI=1S/C51H61BN2O/c1-30-24-39-42-40(25-30)54-44-37(50(12)20-14-15-21-51(50,54)13)26-32(47(5,6)7)27-38(44)52(42)45-43(53(39)33-18-16-31(17-19-33)46(2,3)4)34-28-35-36(29-41(34)55-45)49(10,11)23-22-48(35,8)9/h16-19,24-29H,14-15,20-23H2,1-13H3. The zero-order chi connectivity index (χ0) is 39.0. The molecule has 0 N–H and O–H groups in total. The highest BCUT2D eigenvalue weighted by molar-refractivity contribution is 7.00. The summed E-state index contributed by atoms with van der Waals surface area (Å²) in [4.78, 5) is 5.45. The third-order valence-corrected chi connectivity index (χ3v) is 15.6. The van der Waals surface area contributed by atoms with Gasteiger partial charge >= 0.3 is 0 Å². The molecule has 1 saturated carbocycles. The molecule has 0 saturated heterocycles. The van der Waals surface area contributed by atoms with Crippen LogP contribution in [0.4, 0.5) is 28.4 Å². The highest BCUT2D eigenvalue weighted by Crippen LogP contribution is 2.62. The summed E-state index contributed by atoms with van der Waals surface area (Å²) < 4.78 is 7.51. The maximum Gasteiger partial charge on any atom is 0.297 e. The van der Waals surface area contributed by atoms with Crippen molar-refractivity contribution in [3.05, 3.63) is 94.0 Å². The van der Waals surface area contributed by atoms with E-state index in [2.05, 4.69) is 160 Å². The molecule has 2 aliphatic carbocycles. The van der Waals surface area contributed by atoms with Gasteiger partial charge in [0.25, 0.3) is 6.71 Å². The number of hydrogen-bond donors (Lipinski definition) is 0. The number of nitrogens with zero attached hydrogens (tertiary/aromatic N) is 2. The molecule has 1 aromatic heterocycles. The van der Waals surface area contributed by atoms with E-state index in [9.17, 15) is 0 Å². The van der Waals surface area contributed by atoms with E-state index in [1.807, 2.05) is 0 Å². The minimum Gasteiger partial charge on any atom is -0.468 e. The lowest BCUT2D eigenvalue weighted by Gasteiger charge is -2.52. The number of furan rings is 1. The Balaban J connectivity index is 1.35. The van der Waals surface area contributed by atoms with Crippen LogP contribution in [0.25, 0.3) is 11.0 Å². The summed E-state index contributed by atoms with van der Waals surface area (Å²) in [7, 11) is 0. The maximum atomic E-state index is 7.51. The Labute approximate surface area is 331 Å². The highest BCUT2D eigenvalue weighted by Gasteiger charge is 2.62. The summed E-state index contributed by atoms with van der Waals surface area (Å²) in [6.45, 7) is 31.4. The van der Waals surface area contributed by atoms with Gasteiger partial charge in [-0.3, -0.25) is 0 Å². The fraction of sp³-hybridized carbons (Fsp3) is 0.490. The molecule has 0 radical (unpaired) electrons. The first kappa shape index (κ1) is 35.5. The van der Waals surface area contributed by atoms with E-state index in [1.54, 1.807) is 5.56 Å². The van der Waals surface area contributed by atoms with Crippen LogP contribution in [0.2, 0.25) is 0 Å². The SMILES string of the molecule is Cc1cc2c3c(c1)N1c4c(cc(C(C)(C)C)cc4C4(C)CCCCC14C)B3c1oc3cc4c(cc3c1N2c1ccc(C(C)(C)C)cc1)C(C)(C)CCC4(C)C. The lowest BCUT2D eigenvalue weighted by molar-refractivity contribution is 0.195. The van der Waals surface area contributed by atoms with Gasteiger partial charge in [0.2, 0.25) is 0 Å². The van der Waals surface area contributed by atoms with Crippen molar-refractivity contribution in [1.82, 2.24) is 0 Å². The van der Waals surface area contributed by atoms with Crippen molar-refractivity contribution in [3.63, 3.8) is 0 Å². The predicted molar refractivity (Wildman–Crippen MR) is 236 cm³/mol. The molecule has 5 aliphatic rings. The molecule has 2 atom stereocenters. The van der Waals surface area contributed by atoms with Crippen LogP contribution in [0.15, 0.2) is 65.1 Å². The molecule has 284 valence electrons. The van der Waals surface area contributed by atoms with Crippen molar-refractivity contribution >= 4 is 62.7 Å². The summed E-state index contributed by atoms with van der Waals surface area (Å²) in [6.07, 6.45) is 7.34. The molecule has 10 rings (SSSR count). The van der Waals surface area contributed by atoms with Crippen LogP contribution in [0.5, 0.6) is 0 Å². The van der Waals surface area contributed by atoms with Gasteiger partial charge in [0.1, 0.15) is 5.58 Å². The van der Waals surface area contributed by atoms with Crippen molar-refractivity contribution < 1.29 is 4.42 Å². The Kier molecular flexibility index (Phi) is 6.92. The lowest BCUT2D eigenvalue weighted by atomic mass is 9.35. The number of benzene rings is 4. The van der Waals surface area contributed by atoms with Gasteiger partial charge in [-0.1, -0.05) is 113 Å². The van der Waals surface area contributed by atoms with Gasteiger partial charge in [0, 0.05) is 33.6 Å². The number of fused-ring (bicyclic) bond motifs is 10. The number of aryl methyl sites for hydroxylation is 1. The normalized spacial score (nSPS) is 24.3. The maximum absolute atomic E-state index is 7.51. The van der Waals surface area contributed by atoms with Gasteiger partial charge in [0.15, 0.2) is 0 Å². The van der Waals surface area contributed by atoms with E-state index >= 15 is 0 Å². The van der Waals surface area contributed by atoms with Crippen molar-refractivity contribution in [2.45, 2.75) is 161 Å². The average Bonchev–Trinajstić information content (AvgIpc) is 3.57. The van der Waals surface area contributed by atoms with E-state index in [1.165, 1.54) is 111 Å². The molecule has 1 fully saturated rings. The minimum absolute atomic E-state index is 0.00389. The van der Waals surface area contributed by atoms with E-state index in [-0.39, 0.29) is 39.3 Å². The Hall–Kier alpha value is -3.92. The van der Waals surface area contributed by atoms with Crippen LogP contribution in [0, 0.1) is 6.92 Å². The van der Waals surface area contributed by atoms with Gasteiger partial charge in [-0.2, -0.15) is 0 Å². The van der Waals surface area contributed by atoms with E-state index in [4.69, 9.17) is 4.42 Å². The van der Waals surface area contributed by atoms with Gasteiger partial charge in [-0.15, -0.1) is 0 Å². The molecule has 4 heteroatoms. The molecule has 4 heterocycles. The second-order valence-electron chi connectivity index (χ2n) is 22.1.